The molecule has 0 spiro atoms. The van der Waals surface area contributed by atoms with Gasteiger partial charge in [0.25, 0.3) is 0 Å². The highest BCUT2D eigenvalue weighted by Gasteiger charge is 2.24. The molecule has 0 N–H and O–H groups in total. The molecule has 6 heteroatoms. The van der Waals surface area contributed by atoms with Crippen molar-refractivity contribution in [2.24, 2.45) is 0 Å². The van der Waals surface area contributed by atoms with Gasteiger partial charge in [-0.05, 0) is 134 Å². The third-order valence-electron chi connectivity index (χ3n) is 15.0. The quantitative estimate of drug-likeness (QED) is 0.0729. The van der Waals surface area contributed by atoms with Crippen molar-refractivity contribution in [1.29, 1.82) is 0 Å². The van der Waals surface area contributed by atoms with Gasteiger partial charge in [0.1, 0.15) is 6.54 Å². The number of benzene rings is 1. The lowest BCUT2D eigenvalue weighted by molar-refractivity contribution is -0.927. The fraction of sp³-hybridized carbons (Fsp3) is 0.825. The maximum atomic E-state index is 2.38. The van der Waals surface area contributed by atoms with Crippen molar-refractivity contribution in [2.75, 3.05) is 133 Å². The Hall–Kier alpha value is -1.83. The molecule has 1 aromatic carbocycles. The number of unbranched alkanes of at least 4 members (excludes halogenated alkanes) is 3. The summed E-state index contributed by atoms with van der Waals surface area (Å²) < 4.78 is 8.53. The van der Waals surface area contributed by atoms with Crippen LogP contribution in [-0.2, 0) is 6.54 Å². The minimum absolute atomic E-state index is 1.06. The normalized spacial score (nSPS) is 12.9. The van der Waals surface area contributed by atoms with E-state index in [-0.39, 0.29) is 0 Å². The molecule has 412 valence electrons. The Labute approximate surface area is 439 Å². The van der Waals surface area contributed by atoms with E-state index in [9.17, 15) is 0 Å². The molecule has 2 aromatic rings. The number of aromatic nitrogens is 1. The Kier molecular flexibility index (Phi) is 54.8. The monoisotopic (exact) mass is 977 g/mol. The van der Waals surface area contributed by atoms with Crippen LogP contribution in [0.25, 0.3) is 0 Å². The van der Waals surface area contributed by atoms with E-state index in [4.69, 9.17) is 0 Å². The SMILES string of the molecule is CC.CCCC[N+](CC)(CCCC)CCCC.CCC[N+](CC)(CCC)CCC.CC[N+](C)(C)C.CC[N+](CC)(CC)CC.CC[N+]1(C)CCCCC1.CC[n+]1ccccc1.Cc1ccc(C)cc1. The Morgan fingerprint density at radius 1 is 0.420 bits per heavy atom. The predicted octanol–water partition coefficient (Wildman–Crippen LogP) is 15.8. The van der Waals surface area contributed by atoms with E-state index in [0.717, 1.165) is 11.0 Å². The van der Waals surface area contributed by atoms with E-state index >= 15 is 0 Å². The van der Waals surface area contributed by atoms with Crippen LogP contribution in [-0.4, -0.2) is 155 Å². The molecule has 0 saturated carbocycles. The fourth-order valence-electron chi connectivity index (χ4n) is 8.74. The van der Waals surface area contributed by atoms with Gasteiger partial charge in [-0.3, -0.25) is 0 Å². The molecule has 0 bridgehead atoms. The second kappa shape index (κ2) is 49.7. The van der Waals surface area contributed by atoms with Crippen LogP contribution in [0, 0.1) is 13.8 Å². The second-order valence-corrected chi connectivity index (χ2v) is 21.2. The van der Waals surface area contributed by atoms with Gasteiger partial charge in [-0.1, -0.05) is 116 Å². The zero-order chi connectivity index (χ0) is 54.1. The molecule has 2 heterocycles. The lowest BCUT2D eigenvalue weighted by atomic mass is 10.1. The zero-order valence-electron chi connectivity index (χ0n) is 52.4. The number of hydrogen-bond donors (Lipinski definition) is 0. The molecule has 0 amide bonds. The average Bonchev–Trinajstić information content (AvgIpc) is 3.38. The van der Waals surface area contributed by atoms with Gasteiger partial charge in [0.2, 0.25) is 0 Å². The van der Waals surface area contributed by atoms with Gasteiger partial charge in [-0.2, -0.15) is 0 Å². The first-order chi connectivity index (χ1) is 32.8. The zero-order valence-corrected chi connectivity index (χ0v) is 52.4. The Balaban J connectivity index is -0.000000233. The van der Waals surface area contributed by atoms with Crippen LogP contribution in [0.1, 0.15) is 206 Å². The number of piperidine rings is 1. The molecule has 1 fully saturated rings. The summed E-state index contributed by atoms with van der Waals surface area (Å²) >= 11 is 0. The summed E-state index contributed by atoms with van der Waals surface area (Å²) in [6.45, 7) is 65.0. The van der Waals surface area contributed by atoms with Gasteiger partial charge in [0, 0.05) is 12.1 Å². The highest BCUT2D eigenvalue weighted by Crippen LogP contribution is 2.16. The van der Waals surface area contributed by atoms with E-state index in [2.05, 4.69) is 187 Å². The lowest BCUT2D eigenvalue weighted by Crippen LogP contribution is -2.49. The van der Waals surface area contributed by atoms with Gasteiger partial charge in [-0.25, -0.2) is 4.57 Å². The summed E-state index contributed by atoms with van der Waals surface area (Å²) in [4.78, 5) is 0. The third-order valence-corrected chi connectivity index (χ3v) is 15.0. The smallest absolute Gasteiger partial charge is 0.168 e. The number of quaternary nitrogens is 5. The summed E-state index contributed by atoms with van der Waals surface area (Å²) in [7, 11) is 8.92. The van der Waals surface area contributed by atoms with Crippen molar-refractivity contribution in [3.63, 3.8) is 0 Å². The number of aryl methyl sites for hydroxylation is 3. The molecule has 69 heavy (non-hydrogen) atoms. The summed E-state index contributed by atoms with van der Waals surface area (Å²) in [6, 6.07) is 14.6. The first-order valence-electron chi connectivity index (χ1n) is 29.9. The molecule has 1 aromatic heterocycles. The van der Waals surface area contributed by atoms with Crippen LogP contribution < -0.4 is 4.57 Å². The van der Waals surface area contributed by atoms with Gasteiger partial charge < -0.3 is 22.4 Å². The molecular formula is C63H136N6+6. The summed E-state index contributed by atoms with van der Waals surface area (Å²) in [6.07, 6.45) is 20.7. The number of pyridine rings is 1. The Morgan fingerprint density at radius 3 is 0.913 bits per heavy atom. The van der Waals surface area contributed by atoms with Gasteiger partial charge in [0.05, 0.1) is 133 Å². The van der Waals surface area contributed by atoms with Crippen LogP contribution in [0.3, 0.4) is 0 Å². The summed E-state index contributed by atoms with van der Waals surface area (Å²) in [5.74, 6) is 0. The van der Waals surface area contributed by atoms with Crippen LogP contribution in [0.2, 0.25) is 0 Å². The molecule has 6 nitrogen and oxygen atoms in total. The van der Waals surface area contributed by atoms with Crippen molar-refractivity contribution in [2.45, 2.75) is 215 Å². The van der Waals surface area contributed by atoms with E-state index < -0.39 is 0 Å². The fourth-order valence-corrected chi connectivity index (χ4v) is 8.74. The van der Waals surface area contributed by atoms with Gasteiger partial charge in [0.15, 0.2) is 12.4 Å². The number of likely N-dealkylation sites (tertiary alicyclic amines) is 1. The number of rotatable bonds is 24. The average molecular weight is 978 g/mol. The van der Waals surface area contributed by atoms with Crippen LogP contribution >= 0.6 is 0 Å². The summed E-state index contributed by atoms with van der Waals surface area (Å²) in [5, 5.41) is 0. The predicted molar refractivity (Wildman–Crippen MR) is 317 cm³/mol. The molecule has 1 saturated heterocycles. The molecular weight excluding hydrogens is 841 g/mol. The maximum absolute atomic E-state index is 2.38. The summed E-state index contributed by atoms with van der Waals surface area (Å²) in [5.41, 5.74) is 2.66. The molecule has 1 aliphatic heterocycles. The van der Waals surface area contributed by atoms with Gasteiger partial charge in [-0.15, -0.1) is 0 Å². The van der Waals surface area contributed by atoms with E-state index in [1.807, 2.05) is 32.0 Å². The first kappa shape index (κ1) is 76.1. The highest BCUT2D eigenvalue weighted by atomic mass is 15.4. The van der Waals surface area contributed by atoms with Crippen molar-refractivity contribution in [3.05, 3.63) is 66.0 Å². The molecule has 0 aliphatic carbocycles. The largest absolute Gasteiger partial charge is 0.331 e. The highest BCUT2D eigenvalue weighted by molar-refractivity contribution is 5.19. The van der Waals surface area contributed by atoms with E-state index in [0.29, 0.717) is 0 Å². The van der Waals surface area contributed by atoms with Crippen LogP contribution in [0.15, 0.2) is 54.9 Å². The van der Waals surface area contributed by atoms with Crippen molar-refractivity contribution < 1.29 is 27.0 Å². The van der Waals surface area contributed by atoms with E-state index in [1.54, 1.807) is 0 Å². The minimum Gasteiger partial charge on any atom is -0.331 e. The van der Waals surface area contributed by atoms with Crippen molar-refractivity contribution >= 4 is 0 Å². The van der Waals surface area contributed by atoms with Gasteiger partial charge >= 0.3 is 0 Å². The maximum Gasteiger partial charge on any atom is 0.168 e. The lowest BCUT2D eigenvalue weighted by Gasteiger charge is -2.38. The first-order valence-corrected chi connectivity index (χ1v) is 29.9. The minimum atomic E-state index is 1.06. The number of nitrogens with zero attached hydrogens (tertiary/aromatic N) is 6. The van der Waals surface area contributed by atoms with Crippen molar-refractivity contribution in [1.82, 2.24) is 0 Å². The van der Waals surface area contributed by atoms with Crippen LogP contribution in [0.5, 0.6) is 0 Å². The molecule has 1 aliphatic rings. The Morgan fingerprint density at radius 2 is 0.725 bits per heavy atom. The van der Waals surface area contributed by atoms with Crippen molar-refractivity contribution in [3.8, 4) is 0 Å². The molecule has 0 radical (unpaired) electrons. The molecule has 0 unspecified atom stereocenters. The Bertz CT molecular complexity index is 1180. The standard InChI is InChI=1S/C14H32N.C11H26N.C8H18N.C8H20N.C8H10.C7H10N.C5H14N.C2H6/c1-5-9-12-15(8-4,13-10-6-2)14-11-7-3;1-5-9-12(8-4,10-6-2)11-7-3;1-3-9(2)7-5-4-6-8-9;1-5-9(6-2,7-3)8-4;1-7-3-5-8(2)6-4-7;1-2-8-6-4-3-5-7-8;1-5-6(2,3)4;1-2/h5-14H2,1-4H3;5-11H2,1-4H3;3-8H2,1-2H3;5-8H2,1-4H3;3-6H,1-2H3;3-7H,2H2,1H3;5H2,1-4H3;1-2H3/q4*+1;;2*+1;. The van der Waals surface area contributed by atoms with Crippen LogP contribution in [0.4, 0.5) is 0 Å². The molecule has 0 atom stereocenters. The second-order valence-electron chi connectivity index (χ2n) is 21.2. The molecule has 3 rings (SSSR count). The number of hydrogen-bond acceptors (Lipinski definition) is 0. The van der Waals surface area contributed by atoms with E-state index in [1.165, 1.54) is 211 Å². The third kappa shape index (κ3) is 43.5. The topological polar surface area (TPSA) is 3.88 Å².